The van der Waals surface area contributed by atoms with Gasteiger partial charge in [-0.2, -0.15) is 0 Å². The van der Waals surface area contributed by atoms with E-state index in [0.29, 0.717) is 5.76 Å². The van der Waals surface area contributed by atoms with Gasteiger partial charge in [0.15, 0.2) is 12.4 Å². The molecule has 0 saturated carbocycles. The lowest BCUT2D eigenvalue weighted by Crippen LogP contribution is -2.05. The average molecular weight is 286 g/mol. The second-order valence-corrected chi connectivity index (χ2v) is 4.10. The van der Waals surface area contributed by atoms with Gasteiger partial charge in [-0.25, -0.2) is 4.79 Å². The van der Waals surface area contributed by atoms with Crippen LogP contribution in [0.25, 0.3) is 11.7 Å². The molecule has 1 aromatic carbocycles. The van der Waals surface area contributed by atoms with Crippen LogP contribution in [0, 0.1) is 0 Å². The number of phenols is 1. The molecule has 0 bridgehead atoms. The number of rotatable bonds is 4. The first kappa shape index (κ1) is 12.9. The number of aromatic nitrogens is 2. The molecule has 3 rings (SSSR count). The van der Waals surface area contributed by atoms with E-state index in [0.717, 1.165) is 0 Å². The number of carbonyl (C=O) groups excluding carboxylic acids is 1. The molecule has 1 N–H and O–H groups in total. The fourth-order valence-corrected chi connectivity index (χ4v) is 1.66. The van der Waals surface area contributed by atoms with Crippen LogP contribution >= 0.6 is 0 Å². The molecule has 21 heavy (non-hydrogen) atoms. The predicted molar refractivity (Wildman–Crippen MR) is 69.2 cm³/mol. The number of benzene rings is 1. The summed E-state index contributed by atoms with van der Waals surface area (Å²) in [5.74, 6) is 0.192. The molecule has 7 heteroatoms. The summed E-state index contributed by atoms with van der Waals surface area (Å²) in [7, 11) is 0. The monoisotopic (exact) mass is 286 g/mol. The molecule has 0 saturated heterocycles. The molecule has 2 aromatic heterocycles. The molecule has 106 valence electrons. The van der Waals surface area contributed by atoms with Crippen molar-refractivity contribution in [3.63, 3.8) is 0 Å². The van der Waals surface area contributed by atoms with Crippen molar-refractivity contribution in [2.45, 2.75) is 6.61 Å². The molecule has 7 nitrogen and oxygen atoms in total. The maximum atomic E-state index is 11.8. The summed E-state index contributed by atoms with van der Waals surface area (Å²) in [6.07, 6.45) is 1.49. The van der Waals surface area contributed by atoms with Gasteiger partial charge in [0.25, 0.3) is 11.8 Å². The summed E-state index contributed by atoms with van der Waals surface area (Å²) in [5, 5.41) is 16.8. The maximum absolute atomic E-state index is 11.8. The number of carbonyl (C=O) groups is 1. The van der Waals surface area contributed by atoms with Crippen LogP contribution in [0.3, 0.4) is 0 Å². The van der Waals surface area contributed by atoms with Gasteiger partial charge in [0.1, 0.15) is 5.75 Å². The molecule has 0 radical (unpaired) electrons. The number of aromatic hydroxyl groups is 1. The summed E-state index contributed by atoms with van der Waals surface area (Å²) in [5.41, 5.74) is 0.237. The Bertz CT molecular complexity index is 748. The third-order valence-electron chi connectivity index (χ3n) is 2.61. The van der Waals surface area contributed by atoms with Crippen molar-refractivity contribution < 1.29 is 23.5 Å². The van der Waals surface area contributed by atoms with Gasteiger partial charge in [0.2, 0.25) is 0 Å². The first-order valence-corrected chi connectivity index (χ1v) is 6.05. The lowest BCUT2D eigenvalue weighted by molar-refractivity contribution is 0.0438. The number of ether oxygens (including phenoxy) is 1. The molecule has 0 atom stereocenters. The van der Waals surface area contributed by atoms with Crippen LogP contribution in [-0.4, -0.2) is 21.3 Å². The largest absolute Gasteiger partial charge is 0.508 e. The van der Waals surface area contributed by atoms with Crippen LogP contribution in [0.5, 0.6) is 5.75 Å². The molecule has 0 aliphatic rings. The van der Waals surface area contributed by atoms with Gasteiger partial charge in [-0.05, 0) is 30.3 Å². The van der Waals surface area contributed by atoms with Crippen molar-refractivity contribution in [1.82, 2.24) is 10.2 Å². The number of hydrogen-bond acceptors (Lipinski definition) is 7. The van der Waals surface area contributed by atoms with Crippen molar-refractivity contribution in [3.8, 4) is 17.4 Å². The van der Waals surface area contributed by atoms with E-state index in [9.17, 15) is 9.90 Å². The zero-order chi connectivity index (χ0) is 14.7. The Morgan fingerprint density at radius 3 is 2.90 bits per heavy atom. The molecular formula is C14H10N2O5. The Kier molecular flexibility index (Phi) is 3.38. The topological polar surface area (TPSA) is 98.6 Å². The minimum atomic E-state index is -0.594. The Hall–Kier alpha value is -3.09. The van der Waals surface area contributed by atoms with Gasteiger partial charge in [-0.1, -0.05) is 6.07 Å². The van der Waals surface area contributed by atoms with Gasteiger partial charge in [-0.3, -0.25) is 0 Å². The Morgan fingerprint density at radius 1 is 1.24 bits per heavy atom. The fourth-order valence-electron chi connectivity index (χ4n) is 1.66. The van der Waals surface area contributed by atoms with Gasteiger partial charge in [0, 0.05) is 0 Å². The van der Waals surface area contributed by atoms with Crippen LogP contribution in [0.1, 0.15) is 16.2 Å². The van der Waals surface area contributed by atoms with Crippen molar-refractivity contribution in [2.24, 2.45) is 0 Å². The average Bonchev–Trinajstić information content (AvgIpc) is 3.15. The van der Waals surface area contributed by atoms with E-state index in [1.807, 2.05) is 0 Å². The molecule has 0 aliphatic heterocycles. The number of esters is 1. The summed E-state index contributed by atoms with van der Waals surface area (Å²) < 4.78 is 15.4. The highest BCUT2D eigenvalue weighted by molar-refractivity contribution is 5.89. The van der Waals surface area contributed by atoms with Crippen molar-refractivity contribution >= 4 is 5.97 Å². The maximum Gasteiger partial charge on any atom is 0.338 e. The van der Waals surface area contributed by atoms with E-state index in [1.165, 1.54) is 24.5 Å². The van der Waals surface area contributed by atoms with Gasteiger partial charge >= 0.3 is 5.97 Å². The minimum Gasteiger partial charge on any atom is -0.508 e. The highest BCUT2D eigenvalue weighted by Crippen LogP contribution is 2.18. The molecule has 3 aromatic rings. The Labute approximate surface area is 118 Å². The summed E-state index contributed by atoms with van der Waals surface area (Å²) in [6.45, 7) is -0.164. The molecular weight excluding hydrogens is 276 g/mol. The minimum absolute atomic E-state index is 0.0117. The standard InChI is InChI=1S/C14H10N2O5/c17-10-4-1-3-9(7-10)14(18)20-8-12-15-16-13(21-12)11-5-2-6-19-11/h1-7,17H,8H2. The van der Waals surface area contributed by atoms with E-state index in [1.54, 1.807) is 18.2 Å². The zero-order valence-corrected chi connectivity index (χ0v) is 10.7. The van der Waals surface area contributed by atoms with E-state index in [-0.39, 0.29) is 29.7 Å². The Balaban J connectivity index is 1.64. The zero-order valence-electron chi connectivity index (χ0n) is 10.7. The third kappa shape index (κ3) is 2.92. The summed E-state index contributed by atoms with van der Waals surface area (Å²) in [4.78, 5) is 11.8. The highest BCUT2D eigenvalue weighted by Gasteiger charge is 2.13. The summed E-state index contributed by atoms with van der Waals surface area (Å²) >= 11 is 0. The quantitative estimate of drug-likeness (QED) is 0.735. The van der Waals surface area contributed by atoms with Gasteiger partial charge in [-0.15, -0.1) is 10.2 Å². The highest BCUT2D eigenvalue weighted by atomic mass is 16.5. The van der Waals surface area contributed by atoms with Crippen molar-refractivity contribution in [3.05, 3.63) is 54.1 Å². The SMILES string of the molecule is O=C(OCc1nnc(-c2ccco2)o1)c1cccc(O)c1. The number of furan rings is 1. The summed E-state index contributed by atoms with van der Waals surface area (Å²) in [6, 6.07) is 9.23. The number of nitrogens with zero attached hydrogens (tertiary/aromatic N) is 2. The van der Waals surface area contributed by atoms with E-state index in [4.69, 9.17) is 13.6 Å². The van der Waals surface area contributed by atoms with E-state index >= 15 is 0 Å². The van der Waals surface area contributed by atoms with Crippen LogP contribution in [0.2, 0.25) is 0 Å². The molecule has 2 heterocycles. The van der Waals surface area contributed by atoms with Crippen LogP contribution < -0.4 is 0 Å². The van der Waals surface area contributed by atoms with Gasteiger partial charge < -0.3 is 18.7 Å². The number of hydrogen-bond donors (Lipinski definition) is 1. The molecule has 0 fully saturated rings. The third-order valence-corrected chi connectivity index (χ3v) is 2.61. The normalized spacial score (nSPS) is 10.5. The molecule has 0 aliphatic carbocycles. The molecule has 0 amide bonds. The van der Waals surface area contributed by atoms with Crippen LogP contribution in [0.15, 0.2) is 51.5 Å². The lowest BCUT2D eigenvalue weighted by atomic mass is 10.2. The van der Waals surface area contributed by atoms with Crippen molar-refractivity contribution in [2.75, 3.05) is 0 Å². The first-order chi connectivity index (χ1) is 10.2. The molecule has 0 spiro atoms. The van der Waals surface area contributed by atoms with E-state index < -0.39 is 5.97 Å². The second-order valence-electron chi connectivity index (χ2n) is 4.10. The fraction of sp³-hybridized carbons (Fsp3) is 0.0714. The number of phenolic OH excluding ortho intramolecular Hbond substituents is 1. The van der Waals surface area contributed by atoms with Gasteiger partial charge in [0.05, 0.1) is 11.8 Å². The smallest absolute Gasteiger partial charge is 0.338 e. The van der Waals surface area contributed by atoms with E-state index in [2.05, 4.69) is 10.2 Å². The predicted octanol–water partition coefficient (Wildman–Crippen LogP) is 2.39. The second kappa shape index (κ2) is 5.49. The lowest BCUT2D eigenvalue weighted by Gasteiger charge is -2.02. The Morgan fingerprint density at radius 2 is 2.14 bits per heavy atom. The molecule has 0 unspecified atom stereocenters. The van der Waals surface area contributed by atoms with Crippen molar-refractivity contribution in [1.29, 1.82) is 0 Å². The first-order valence-electron chi connectivity index (χ1n) is 6.05. The van der Waals surface area contributed by atoms with Crippen LogP contribution in [0.4, 0.5) is 0 Å². The van der Waals surface area contributed by atoms with Crippen LogP contribution in [-0.2, 0) is 11.3 Å².